The van der Waals surface area contributed by atoms with Gasteiger partial charge in [-0.15, -0.1) is 0 Å². The Bertz CT molecular complexity index is 1200. The fourth-order valence-corrected chi connectivity index (χ4v) is 3.18. The van der Waals surface area contributed by atoms with Gasteiger partial charge in [-0.3, -0.25) is 4.79 Å². The summed E-state index contributed by atoms with van der Waals surface area (Å²) in [5.74, 6) is 0.583. The van der Waals surface area contributed by atoms with Gasteiger partial charge < -0.3 is 18.9 Å². The summed E-state index contributed by atoms with van der Waals surface area (Å²) in [7, 11) is 3.00. The van der Waals surface area contributed by atoms with Gasteiger partial charge in [0.1, 0.15) is 11.5 Å². The molecule has 8 nitrogen and oxygen atoms in total. The molecule has 1 amide bonds. The highest BCUT2D eigenvalue weighted by molar-refractivity contribution is 6.36. The van der Waals surface area contributed by atoms with E-state index in [0.29, 0.717) is 22.1 Å². The first-order valence-corrected chi connectivity index (χ1v) is 10.6. The van der Waals surface area contributed by atoms with E-state index in [1.54, 1.807) is 43.5 Å². The van der Waals surface area contributed by atoms with Gasteiger partial charge in [-0.25, -0.2) is 10.2 Å². The van der Waals surface area contributed by atoms with E-state index in [4.69, 9.17) is 42.1 Å². The SMILES string of the molecule is COc1ccc(OCC(=O)N/N=C\c2ccc(OC(=O)c3ccc(Cl)cc3Cl)c(OC)c2)cc1. The number of halogens is 2. The number of carbonyl (C=O) groups is 2. The highest BCUT2D eigenvalue weighted by Crippen LogP contribution is 2.30. The molecule has 0 atom stereocenters. The molecule has 0 aliphatic heterocycles. The third-order valence-corrected chi connectivity index (χ3v) is 4.92. The van der Waals surface area contributed by atoms with E-state index < -0.39 is 11.9 Å². The van der Waals surface area contributed by atoms with Gasteiger partial charge in [-0.1, -0.05) is 23.2 Å². The second kappa shape index (κ2) is 11.9. The van der Waals surface area contributed by atoms with Crippen molar-refractivity contribution in [2.45, 2.75) is 0 Å². The lowest BCUT2D eigenvalue weighted by Crippen LogP contribution is -2.24. The molecule has 0 radical (unpaired) electrons. The average molecular weight is 503 g/mol. The van der Waals surface area contributed by atoms with E-state index in [2.05, 4.69) is 10.5 Å². The van der Waals surface area contributed by atoms with Crippen LogP contribution >= 0.6 is 23.2 Å². The zero-order chi connectivity index (χ0) is 24.5. The standard InChI is InChI=1S/C24H20Cl2N2O6/c1-31-17-5-7-18(8-6-17)33-14-23(29)28-27-13-15-3-10-21(22(11-15)32-2)34-24(30)19-9-4-16(25)12-20(19)26/h3-13H,14H2,1-2H3,(H,28,29)/b27-13-. The molecule has 10 heteroatoms. The van der Waals surface area contributed by atoms with E-state index in [0.717, 1.165) is 0 Å². The number of benzene rings is 3. The molecule has 3 rings (SSSR count). The van der Waals surface area contributed by atoms with Crippen LogP contribution in [0.4, 0.5) is 0 Å². The number of hydrazone groups is 1. The highest BCUT2D eigenvalue weighted by atomic mass is 35.5. The summed E-state index contributed by atoms with van der Waals surface area (Å²) in [6.07, 6.45) is 1.41. The van der Waals surface area contributed by atoms with Crippen molar-refractivity contribution in [3.8, 4) is 23.0 Å². The lowest BCUT2D eigenvalue weighted by Gasteiger charge is -2.10. The van der Waals surface area contributed by atoms with Crippen molar-refractivity contribution in [2.24, 2.45) is 5.10 Å². The molecule has 176 valence electrons. The third kappa shape index (κ3) is 6.87. The average Bonchev–Trinajstić information content (AvgIpc) is 2.83. The molecule has 0 spiro atoms. The minimum absolute atomic E-state index is 0.165. The van der Waals surface area contributed by atoms with Gasteiger partial charge in [0.2, 0.25) is 0 Å². The van der Waals surface area contributed by atoms with E-state index >= 15 is 0 Å². The molecule has 0 aromatic heterocycles. The molecule has 34 heavy (non-hydrogen) atoms. The maximum Gasteiger partial charge on any atom is 0.345 e. The zero-order valence-electron chi connectivity index (χ0n) is 18.2. The normalized spacial score (nSPS) is 10.6. The predicted molar refractivity (Wildman–Crippen MR) is 129 cm³/mol. The Labute approximate surface area is 206 Å². The number of hydrogen-bond acceptors (Lipinski definition) is 7. The van der Waals surface area contributed by atoms with Crippen molar-refractivity contribution >= 4 is 41.3 Å². The largest absolute Gasteiger partial charge is 0.497 e. The number of nitrogens with one attached hydrogen (secondary N) is 1. The smallest absolute Gasteiger partial charge is 0.345 e. The van der Waals surface area contributed by atoms with Crippen LogP contribution in [0.1, 0.15) is 15.9 Å². The molecule has 0 heterocycles. The molecule has 0 unspecified atom stereocenters. The van der Waals surface area contributed by atoms with Gasteiger partial charge in [0.25, 0.3) is 5.91 Å². The molecule has 0 saturated heterocycles. The summed E-state index contributed by atoms with van der Waals surface area (Å²) >= 11 is 11.9. The summed E-state index contributed by atoms with van der Waals surface area (Å²) in [5.41, 5.74) is 3.13. The molecule has 1 N–H and O–H groups in total. The summed E-state index contributed by atoms with van der Waals surface area (Å²) < 4.78 is 21.1. The highest BCUT2D eigenvalue weighted by Gasteiger charge is 2.16. The number of nitrogens with zero attached hydrogens (tertiary/aromatic N) is 1. The van der Waals surface area contributed by atoms with Gasteiger partial charge in [0.05, 0.1) is 31.0 Å². The zero-order valence-corrected chi connectivity index (χ0v) is 19.7. The van der Waals surface area contributed by atoms with Crippen molar-refractivity contribution in [3.63, 3.8) is 0 Å². The molecular formula is C24H20Cl2N2O6. The molecular weight excluding hydrogens is 483 g/mol. The lowest BCUT2D eigenvalue weighted by atomic mass is 10.2. The number of esters is 1. The number of ether oxygens (including phenoxy) is 4. The molecule has 0 bridgehead atoms. The number of rotatable bonds is 9. The van der Waals surface area contributed by atoms with Crippen molar-refractivity contribution < 1.29 is 28.5 Å². The monoisotopic (exact) mass is 502 g/mol. The molecule has 0 saturated carbocycles. The first kappa shape index (κ1) is 24.9. The Morgan fingerprint density at radius 1 is 0.912 bits per heavy atom. The van der Waals surface area contributed by atoms with Crippen LogP contribution in [0.2, 0.25) is 10.0 Å². The van der Waals surface area contributed by atoms with Crippen molar-refractivity contribution in [1.29, 1.82) is 0 Å². The van der Waals surface area contributed by atoms with Crippen LogP contribution in [0.25, 0.3) is 0 Å². The van der Waals surface area contributed by atoms with Crippen LogP contribution in [0.3, 0.4) is 0 Å². The fraction of sp³-hybridized carbons (Fsp3) is 0.125. The van der Waals surface area contributed by atoms with E-state index in [1.807, 2.05) is 0 Å². The minimum atomic E-state index is -0.662. The number of carbonyl (C=O) groups excluding carboxylic acids is 2. The Balaban J connectivity index is 1.56. The Hall–Kier alpha value is -3.75. The summed E-state index contributed by atoms with van der Waals surface area (Å²) in [6, 6.07) is 16.1. The molecule has 3 aromatic rings. The maximum atomic E-state index is 12.4. The fourth-order valence-electron chi connectivity index (χ4n) is 2.69. The van der Waals surface area contributed by atoms with Crippen LogP contribution in [0.5, 0.6) is 23.0 Å². The van der Waals surface area contributed by atoms with Crippen LogP contribution < -0.4 is 24.4 Å². The summed E-state index contributed by atoms with van der Waals surface area (Å²) in [5, 5.41) is 4.47. The number of amides is 1. The molecule has 0 aliphatic carbocycles. The Morgan fingerprint density at radius 3 is 2.32 bits per heavy atom. The maximum absolute atomic E-state index is 12.4. The van der Waals surface area contributed by atoms with Crippen molar-refractivity contribution in [2.75, 3.05) is 20.8 Å². The third-order valence-electron chi connectivity index (χ3n) is 4.37. The molecule has 3 aromatic carbocycles. The summed E-state index contributed by atoms with van der Waals surface area (Å²) in [4.78, 5) is 24.4. The van der Waals surface area contributed by atoms with Crippen LogP contribution in [0, 0.1) is 0 Å². The number of hydrogen-bond donors (Lipinski definition) is 1. The second-order valence-corrected chi connectivity index (χ2v) is 7.53. The van der Waals surface area contributed by atoms with Crippen LogP contribution in [0.15, 0.2) is 65.8 Å². The Kier molecular flexibility index (Phi) is 8.73. The van der Waals surface area contributed by atoms with Crippen LogP contribution in [-0.4, -0.2) is 38.9 Å². The minimum Gasteiger partial charge on any atom is -0.497 e. The predicted octanol–water partition coefficient (Wildman–Crippen LogP) is 4.76. The lowest BCUT2D eigenvalue weighted by molar-refractivity contribution is -0.123. The number of methoxy groups -OCH3 is 2. The molecule has 0 aliphatic rings. The Morgan fingerprint density at radius 2 is 1.65 bits per heavy atom. The van der Waals surface area contributed by atoms with E-state index in [1.165, 1.54) is 37.6 Å². The first-order chi connectivity index (χ1) is 16.4. The van der Waals surface area contributed by atoms with Gasteiger partial charge in [-0.2, -0.15) is 5.10 Å². The summed E-state index contributed by atoms with van der Waals surface area (Å²) in [6.45, 7) is -0.213. The van der Waals surface area contributed by atoms with Crippen molar-refractivity contribution in [1.82, 2.24) is 5.43 Å². The van der Waals surface area contributed by atoms with Gasteiger partial charge >= 0.3 is 5.97 Å². The van der Waals surface area contributed by atoms with Crippen LogP contribution in [-0.2, 0) is 4.79 Å². The van der Waals surface area contributed by atoms with Crippen molar-refractivity contribution in [3.05, 3.63) is 81.8 Å². The van der Waals surface area contributed by atoms with E-state index in [-0.39, 0.29) is 28.7 Å². The topological polar surface area (TPSA) is 95.5 Å². The first-order valence-electron chi connectivity index (χ1n) is 9.83. The van der Waals surface area contributed by atoms with Gasteiger partial charge in [-0.05, 0) is 66.2 Å². The quantitative estimate of drug-likeness (QED) is 0.196. The van der Waals surface area contributed by atoms with Gasteiger partial charge in [0.15, 0.2) is 18.1 Å². The van der Waals surface area contributed by atoms with Gasteiger partial charge in [0, 0.05) is 5.02 Å². The second-order valence-electron chi connectivity index (χ2n) is 6.68. The molecule has 0 fully saturated rings. The van der Waals surface area contributed by atoms with E-state index in [9.17, 15) is 9.59 Å².